The normalized spacial score (nSPS) is 18.7. The molecule has 1 aromatic rings. The second kappa shape index (κ2) is 6.40. The summed E-state index contributed by atoms with van der Waals surface area (Å²) in [7, 11) is 1.74. The minimum Gasteiger partial charge on any atom is -0.481 e. The number of piperidine rings is 1. The van der Waals surface area contributed by atoms with Crippen molar-refractivity contribution < 1.29 is 19.5 Å². The smallest absolute Gasteiger partial charge is 0.313 e. The first-order valence-electron chi connectivity index (χ1n) is 7.60. The number of aliphatic carboxylic acids is 1. The molecule has 1 saturated heterocycles. The molecule has 0 aromatic heterocycles. The Morgan fingerprint density at radius 1 is 1.26 bits per heavy atom. The van der Waals surface area contributed by atoms with Crippen LogP contribution >= 0.6 is 0 Å². The number of carboxylic acid groups (broad SMARTS) is 1. The van der Waals surface area contributed by atoms with Crippen LogP contribution in [-0.2, 0) is 19.8 Å². The van der Waals surface area contributed by atoms with Gasteiger partial charge in [0.2, 0.25) is 11.8 Å². The Labute approximate surface area is 135 Å². The fourth-order valence-corrected chi connectivity index (χ4v) is 2.50. The Kier molecular flexibility index (Phi) is 4.73. The van der Waals surface area contributed by atoms with Gasteiger partial charge in [-0.3, -0.25) is 14.4 Å². The molecule has 2 N–H and O–H groups in total. The molecule has 2 rings (SSSR count). The van der Waals surface area contributed by atoms with Crippen molar-refractivity contribution in [2.75, 3.05) is 18.9 Å². The number of hydrogen-bond donors (Lipinski definition) is 2. The number of likely N-dealkylation sites (tertiary alicyclic amines) is 1. The lowest BCUT2D eigenvalue weighted by Gasteiger charge is -2.28. The average molecular weight is 318 g/mol. The maximum Gasteiger partial charge on any atom is 0.313 e. The largest absolute Gasteiger partial charge is 0.481 e. The van der Waals surface area contributed by atoms with Crippen LogP contribution in [0, 0.1) is 5.92 Å². The summed E-state index contributed by atoms with van der Waals surface area (Å²) in [5.41, 5.74) is 0.284. The topological polar surface area (TPSA) is 86.7 Å². The molecule has 1 unspecified atom stereocenters. The zero-order valence-corrected chi connectivity index (χ0v) is 13.6. The van der Waals surface area contributed by atoms with E-state index in [9.17, 15) is 19.5 Å². The molecule has 0 bridgehead atoms. The number of carbonyl (C=O) groups excluding carboxylic acids is 2. The van der Waals surface area contributed by atoms with Crippen LogP contribution in [0.5, 0.6) is 0 Å². The molecule has 1 atom stereocenters. The van der Waals surface area contributed by atoms with Crippen LogP contribution < -0.4 is 5.32 Å². The van der Waals surface area contributed by atoms with E-state index in [2.05, 4.69) is 5.32 Å². The summed E-state index contributed by atoms with van der Waals surface area (Å²) < 4.78 is 0. The molecular formula is C17H22N2O4. The SMILES string of the molecule is CN1CCC(C(=O)Nc2ccc(C(C)(C)C(=O)O)cc2)CC1=O. The van der Waals surface area contributed by atoms with Gasteiger partial charge in [0.25, 0.3) is 0 Å². The highest BCUT2D eigenvalue weighted by Gasteiger charge is 2.30. The Morgan fingerprint density at radius 3 is 2.39 bits per heavy atom. The second-order valence-electron chi connectivity index (χ2n) is 6.50. The molecule has 0 radical (unpaired) electrons. The molecule has 0 spiro atoms. The van der Waals surface area contributed by atoms with E-state index in [4.69, 9.17) is 0 Å². The van der Waals surface area contributed by atoms with Crippen molar-refractivity contribution in [3.05, 3.63) is 29.8 Å². The first-order valence-corrected chi connectivity index (χ1v) is 7.60. The fourth-order valence-electron chi connectivity index (χ4n) is 2.50. The summed E-state index contributed by atoms with van der Waals surface area (Å²) in [6.45, 7) is 3.85. The monoisotopic (exact) mass is 318 g/mol. The summed E-state index contributed by atoms with van der Waals surface area (Å²) in [5, 5.41) is 12.0. The van der Waals surface area contributed by atoms with Crippen LogP contribution in [0.4, 0.5) is 5.69 Å². The van der Waals surface area contributed by atoms with E-state index in [-0.39, 0.29) is 24.2 Å². The van der Waals surface area contributed by atoms with Gasteiger partial charge >= 0.3 is 5.97 Å². The van der Waals surface area contributed by atoms with Gasteiger partial charge in [-0.15, -0.1) is 0 Å². The minimum absolute atomic E-state index is 0.0186. The molecule has 1 heterocycles. The first-order chi connectivity index (χ1) is 10.7. The van der Waals surface area contributed by atoms with Gasteiger partial charge in [-0.2, -0.15) is 0 Å². The third kappa shape index (κ3) is 3.70. The molecule has 124 valence electrons. The average Bonchev–Trinajstić information content (AvgIpc) is 2.50. The summed E-state index contributed by atoms with van der Waals surface area (Å²) in [6.07, 6.45) is 0.880. The highest BCUT2D eigenvalue weighted by Crippen LogP contribution is 2.25. The van der Waals surface area contributed by atoms with E-state index < -0.39 is 11.4 Å². The van der Waals surface area contributed by atoms with E-state index in [1.807, 2.05) is 0 Å². The quantitative estimate of drug-likeness (QED) is 0.887. The van der Waals surface area contributed by atoms with Crippen LogP contribution in [0.15, 0.2) is 24.3 Å². The Balaban J connectivity index is 2.02. The number of carbonyl (C=O) groups is 3. The predicted molar refractivity (Wildman–Crippen MR) is 86.1 cm³/mol. The molecule has 6 nitrogen and oxygen atoms in total. The molecule has 2 amide bonds. The molecular weight excluding hydrogens is 296 g/mol. The highest BCUT2D eigenvalue weighted by molar-refractivity contribution is 5.95. The zero-order valence-electron chi connectivity index (χ0n) is 13.6. The van der Waals surface area contributed by atoms with Crippen molar-refractivity contribution in [2.45, 2.75) is 32.1 Å². The number of carboxylic acids is 1. The molecule has 6 heteroatoms. The van der Waals surface area contributed by atoms with Gasteiger partial charge in [0.1, 0.15) is 0 Å². The van der Waals surface area contributed by atoms with Gasteiger partial charge in [-0.1, -0.05) is 12.1 Å². The first kappa shape index (κ1) is 17.0. The Hall–Kier alpha value is -2.37. The van der Waals surface area contributed by atoms with Crippen LogP contribution in [0.1, 0.15) is 32.3 Å². The third-order valence-electron chi connectivity index (χ3n) is 4.44. The van der Waals surface area contributed by atoms with Gasteiger partial charge in [-0.25, -0.2) is 0 Å². The fraction of sp³-hybridized carbons (Fsp3) is 0.471. The lowest BCUT2D eigenvalue weighted by atomic mass is 9.85. The number of rotatable bonds is 4. The summed E-state index contributed by atoms with van der Waals surface area (Å²) >= 11 is 0. The van der Waals surface area contributed by atoms with E-state index in [1.165, 1.54) is 0 Å². The summed E-state index contributed by atoms with van der Waals surface area (Å²) in [4.78, 5) is 36.8. The third-order valence-corrected chi connectivity index (χ3v) is 4.44. The number of anilines is 1. The summed E-state index contributed by atoms with van der Waals surface area (Å²) in [5.74, 6) is -1.40. The Morgan fingerprint density at radius 2 is 1.87 bits per heavy atom. The molecule has 1 fully saturated rings. The van der Waals surface area contributed by atoms with E-state index >= 15 is 0 Å². The van der Waals surface area contributed by atoms with Crippen molar-refractivity contribution in [3.63, 3.8) is 0 Å². The second-order valence-corrected chi connectivity index (χ2v) is 6.50. The molecule has 23 heavy (non-hydrogen) atoms. The minimum atomic E-state index is -0.983. The molecule has 1 aliphatic heterocycles. The number of nitrogens with zero attached hydrogens (tertiary/aromatic N) is 1. The number of amides is 2. The number of hydrogen-bond acceptors (Lipinski definition) is 3. The van der Waals surface area contributed by atoms with Gasteiger partial charge in [0.05, 0.1) is 5.41 Å². The molecule has 0 saturated carbocycles. The van der Waals surface area contributed by atoms with E-state index in [1.54, 1.807) is 50.1 Å². The van der Waals surface area contributed by atoms with Gasteiger partial charge in [-0.05, 0) is 38.0 Å². The van der Waals surface area contributed by atoms with Gasteiger partial charge < -0.3 is 15.3 Å². The standard InChI is InChI=1S/C17H22N2O4/c1-17(2,16(22)23)12-4-6-13(7-5-12)18-15(21)11-8-9-19(3)14(20)10-11/h4-7,11H,8-10H2,1-3H3,(H,18,21)(H,22,23). The molecule has 0 aliphatic carbocycles. The molecule has 1 aliphatic rings. The predicted octanol–water partition coefficient (Wildman–Crippen LogP) is 1.86. The number of benzene rings is 1. The van der Waals surface area contributed by atoms with Crippen molar-refractivity contribution in [1.82, 2.24) is 4.90 Å². The van der Waals surface area contributed by atoms with Gasteiger partial charge in [0, 0.05) is 31.6 Å². The van der Waals surface area contributed by atoms with E-state index in [0.29, 0.717) is 24.2 Å². The van der Waals surface area contributed by atoms with E-state index in [0.717, 1.165) is 0 Å². The molecule has 1 aromatic carbocycles. The van der Waals surface area contributed by atoms with Crippen LogP contribution in [0.2, 0.25) is 0 Å². The van der Waals surface area contributed by atoms with Crippen molar-refractivity contribution in [3.8, 4) is 0 Å². The highest BCUT2D eigenvalue weighted by atomic mass is 16.4. The van der Waals surface area contributed by atoms with Crippen LogP contribution in [0.3, 0.4) is 0 Å². The Bertz CT molecular complexity index is 622. The van der Waals surface area contributed by atoms with Crippen molar-refractivity contribution in [1.29, 1.82) is 0 Å². The van der Waals surface area contributed by atoms with Crippen LogP contribution in [-0.4, -0.2) is 41.4 Å². The van der Waals surface area contributed by atoms with Crippen molar-refractivity contribution in [2.24, 2.45) is 5.92 Å². The zero-order chi connectivity index (χ0) is 17.2. The van der Waals surface area contributed by atoms with Crippen LogP contribution in [0.25, 0.3) is 0 Å². The lowest BCUT2D eigenvalue weighted by Crippen LogP contribution is -2.39. The number of nitrogens with one attached hydrogen (secondary N) is 1. The van der Waals surface area contributed by atoms with Gasteiger partial charge in [0.15, 0.2) is 0 Å². The lowest BCUT2D eigenvalue weighted by molar-refractivity contribution is -0.142. The maximum absolute atomic E-state index is 12.2. The summed E-state index contributed by atoms with van der Waals surface area (Å²) in [6, 6.07) is 6.77. The van der Waals surface area contributed by atoms with Crippen molar-refractivity contribution >= 4 is 23.5 Å². The maximum atomic E-state index is 12.2.